The van der Waals surface area contributed by atoms with Crippen LogP contribution in [0.2, 0.25) is 0 Å². The predicted octanol–water partition coefficient (Wildman–Crippen LogP) is 1.76. The highest BCUT2D eigenvalue weighted by molar-refractivity contribution is 7.89. The number of nitrogens with two attached hydrogens (primary N) is 1. The van der Waals surface area contributed by atoms with Crippen LogP contribution in [-0.4, -0.2) is 8.42 Å². The van der Waals surface area contributed by atoms with Crippen LogP contribution in [0, 0.1) is 5.82 Å². The Morgan fingerprint density at radius 1 is 1.00 bits per heavy atom. The maximum atomic E-state index is 13.5. The van der Waals surface area contributed by atoms with Gasteiger partial charge in [-0.05, 0) is 23.3 Å². The van der Waals surface area contributed by atoms with Crippen molar-refractivity contribution >= 4 is 10.0 Å². The van der Waals surface area contributed by atoms with Gasteiger partial charge in [0.2, 0.25) is 10.0 Å². The molecule has 0 atom stereocenters. The first-order valence-corrected chi connectivity index (χ1v) is 7.53. The van der Waals surface area contributed by atoms with E-state index in [2.05, 4.69) is 4.72 Å². The number of nitrogens with one attached hydrogen (secondary N) is 1. The third kappa shape index (κ3) is 3.41. The van der Waals surface area contributed by atoms with Crippen LogP contribution in [0.4, 0.5) is 4.39 Å². The molecule has 0 saturated heterocycles. The monoisotopic (exact) mass is 294 g/mol. The third-order valence-electron chi connectivity index (χ3n) is 2.85. The van der Waals surface area contributed by atoms with E-state index in [4.69, 9.17) is 5.73 Å². The van der Waals surface area contributed by atoms with Crippen LogP contribution in [-0.2, 0) is 23.1 Å². The van der Waals surface area contributed by atoms with Gasteiger partial charge in [-0.2, -0.15) is 0 Å². The van der Waals surface area contributed by atoms with Crippen molar-refractivity contribution in [2.75, 3.05) is 0 Å². The molecule has 0 aliphatic carbocycles. The summed E-state index contributed by atoms with van der Waals surface area (Å²) in [7, 11) is -3.85. The molecule has 0 aromatic heterocycles. The molecule has 0 heterocycles. The quantitative estimate of drug-likeness (QED) is 0.882. The molecular formula is C14H15FN2O2S. The first-order valence-electron chi connectivity index (χ1n) is 6.05. The standard InChI is InChI=1S/C14H15FN2O2S/c15-13-3-1-2-4-14(13)20(18,19)17-10-12-7-5-11(9-16)6-8-12/h1-8,17H,9-10,16H2. The maximum absolute atomic E-state index is 13.5. The van der Waals surface area contributed by atoms with Crippen molar-refractivity contribution < 1.29 is 12.8 Å². The molecule has 0 saturated carbocycles. The number of sulfonamides is 1. The van der Waals surface area contributed by atoms with Crippen molar-refractivity contribution in [2.24, 2.45) is 5.73 Å². The van der Waals surface area contributed by atoms with E-state index >= 15 is 0 Å². The summed E-state index contributed by atoms with van der Waals surface area (Å²) in [6.07, 6.45) is 0. The molecule has 0 radical (unpaired) electrons. The van der Waals surface area contributed by atoms with Crippen molar-refractivity contribution in [3.63, 3.8) is 0 Å². The fourth-order valence-corrected chi connectivity index (χ4v) is 2.81. The highest BCUT2D eigenvalue weighted by Crippen LogP contribution is 2.14. The van der Waals surface area contributed by atoms with Gasteiger partial charge in [0.1, 0.15) is 10.7 Å². The molecule has 0 aliphatic rings. The van der Waals surface area contributed by atoms with E-state index in [0.29, 0.717) is 6.54 Å². The zero-order valence-electron chi connectivity index (χ0n) is 10.7. The molecule has 0 aliphatic heterocycles. The Morgan fingerprint density at radius 3 is 2.20 bits per heavy atom. The Morgan fingerprint density at radius 2 is 1.60 bits per heavy atom. The van der Waals surface area contributed by atoms with Crippen LogP contribution < -0.4 is 10.5 Å². The summed E-state index contributed by atoms with van der Waals surface area (Å²) in [6.45, 7) is 0.531. The SMILES string of the molecule is NCc1ccc(CNS(=O)(=O)c2ccccc2F)cc1. The Labute approximate surface area is 117 Å². The predicted molar refractivity (Wildman–Crippen MR) is 74.8 cm³/mol. The van der Waals surface area contributed by atoms with Gasteiger partial charge >= 0.3 is 0 Å². The lowest BCUT2D eigenvalue weighted by atomic mass is 10.1. The Kier molecular flexibility index (Phi) is 4.49. The lowest BCUT2D eigenvalue weighted by Crippen LogP contribution is -2.24. The number of hydrogen-bond acceptors (Lipinski definition) is 3. The Bertz CT molecular complexity index is 685. The van der Waals surface area contributed by atoms with Crippen LogP contribution in [0.15, 0.2) is 53.4 Å². The highest BCUT2D eigenvalue weighted by Gasteiger charge is 2.17. The van der Waals surface area contributed by atoms with Crippen molar-refractivity contribution in [3.8, 4) is 0 Å². The van der Waals surface area contributed by atoms with Crippen molar-refractivity contribution in [1.29, 1.82) is 0 Å². The molecule has 0 spiro atoms. The first-order chi connectivity index (χ1) is 9.53. The number of halogens is 1. The average Bonchev–Trinajstić information content (AvgIpc) is 2.46. The van der Waals surface area contributed by atoms with E-state index in [0.717, 1.165) is 17.2 Å². The van der Waals surface area contributed by atoms with Crippen LogP contribution in [0.25, 0.3) is 0 Å². The molecule has 6 heteroatoms. The van der Waals surface area contributed by atoms with E-state index in [1.54, 1.807) is 12.1 Å². The maximum Gasteiger partial charge on any atom is 0.243 e. The summed E-state index contributed by atoms with van der Waals surface area (Å²) in [5.74, 6) is -0.765. The van der Waals surface area contributed by atoms with Gasteiger partial charge in [-0.15, -0.1) is 0 Å². The van der Waals surface area contributed by atoms with Gasteiger partial charge in [-0.1, -0.05) is 36.4 Å². The van der Waals surface area contributed by atoms with Crippen LogP contribution in [0.5, 0.6) is 0 Å². The van der Waals surface area contributed by atoms with Gasteiger partial charge in [0.05, 0.1) is 0 Å². The molecular weight excluding hydrogens is 279 g/mol. The lowest BCUT2D eigenvalue weighted by molar-refractivity contribution is 0.557. The zero-order chi connectivity index (χ0) is 14.6. The Hall–Kier alpha value is -1.76. The molecule has 2 aromatic rings. The molecule has 0 unspecified atom stereocenters. The minimum atomic E-state index is -3.85. The van der Waals surface area contributed by atoms with Gasteiger partial charge in [0.25, 0.3) is 0 Å². The van der Waals surface area contributed by atoms with Crippen molar-refractivity contribution in [1.82, 2.24) is 4.72 Å². The van der Waals surface area contributed by atoms with Crippen LogP contribution in [0.1, 0.15) is 11.1 Å². The molecule has 106 valence electrons. The molecule has 0 amide bonds. The molecule has 20 heavy (non-hydrogen) atoms. The first kappa shape index (κ1) is 14.6. The van der Waals surface area contributed by atoms with Gasteiger partial charge in [-0.3, -0.25) is 0 Å². The van der Waals surface area contributed by atoms with Gasteiger partial charge in [0.15, 0.2) is 0 Å². The average molecular weight is 294 g/mol. The minimum absolute atomic E-state index is 0.0987. The summed E-state index contributed by atoms with van der Waals surface area (Å²) < 4.78 is 39.8. The van der Waals surface area contributed by atoms with Crippen molar-refractivity contribution in [3.05, 3.63) is 65.5 Å². The molecule has 0 bridgehead atoms. The van der Waals surface area contributed by atoms with Gasteiger partial charge in [-0.25, -0.2) is 17.5 Å². The van der Waals surface area contributed by atoms with Crippen molar-refractivity contribution in [2.45, 2.75) is 18.0 Å². The molecule has 2 aromatic carbocycles. The smallest absolute Gasteiger partial charge is 0.243 e. The molecule has 0 fully saturated rings. The second kappa shape index (κ2) is 6.13. The van der Waals surface area contributed by atoms with Gasteiger partial charge in [0, 0.05) is 13.1 Å². The zero-order valence-corrected chi connectivity index (χ0v) is 11.5. The summed E-state index contributed by atoms with van der Waals surface area (Å²) in [5.41, 5.74) is 7.23. The minimum Gasteiger partial charge on any atom is -0.326 e. The second-order valence-electron chi connectivity index (χ2n) is 4.28. The largest absolute Gasteiger partial charge is 0.326 e. The summed E-state index contributed by atoms with van der Waals surface area (Å²) in [5, 5.41) is 0. The lowest BCUT2D eigenvalue weighted by Gasteiger charge is -2.08. The number of hydrogen-bond donors (Lipinski definition) is 2. The summed E-state index contributed by atoms with van der Waals surface area (Å²) in [6, 6.07) is 12.5. The van der Waals surface area contributed by atoms with E-state index < -0.39 is 15.8 Å². The fraction of sp³-hybridized carbons (Fsp3) is 0.143. The summed E-state index contributed by atoms with van der Waals surface area (Å²) in [4.78, 5) is -0.349. The van der Waals surface area contributed by atoms with E-state index in [9.17, 15) is 12.8 Å². The Balaban J connectivity index is 2.11. The van der Waals surface area contributed by atoms with E-state index in [1.165, 1.54) is 18.2 Å². The highest BCUT2D eigenvalue weighted by atomic mass is 32.2. The van der Waals surface area contributed by atoms with E-state index in [-0.39, 0.29) is 11.4 Å². The van der Waals surface area contributed by atoms with E-state index in [1.807, 2.05) is 12.1 Å². The normalized spacial score (nSPS) is 11.5. The third-order valence-corrected chi connectivity index (χ3v) is 4.29. The second-order valence-corrected chi connectivity index (χ2v) is 6.01. The molecule has 4 nitrogen and oxygen atoms in total. The topological polar surface area (TPSA) is 72.2 Å². The molecule has 2 rings (SSSR count). The summed E-state index contributed by atoms with van der Waals surface area (Å²) >= 11 is 0. The van der Waals surface area contributed by atoms with Crippen LogP contribution in [0.3, 0.4) is 0 Å². The fourth-order valence-electron chi connectivity index (χ4n) is 1.71. The van der Waals surface area contributed by atoms with Gasteiger partial charge < -0.3 is 5.73 Å². The number of benzene rings is 2. The van der Waals surface area contributed by atoms with Crippen LogP contribution >= 0.6 is 0 Å². The number of rotatable bonds is 5. The molecule has 3 N–H and O–H groups in total.